The molecule has 0 spiro atoms. The minimum Gasteiger partial charge on any atom is -0.466 e. The SMILES string of the molecule is CCOC(=O)C[C@H](NC[C@H]1O[C@@H]2OC(C)(C)O[C@@H]2[C@H]1OC)[C@@H]1O[C@@H]2OC(C)(C)O[C@@H]2[C@H]1OCc1ccccc1. The van der Waals surface area contributed by atoms with Crippen molar-refractivity contribution >= 4 is 5.97 Å². The number of esters is 1. The molecule has 9 atom stereocenters. The molecule has 4 aliphatic rings. The van der Waals surface area contributed by atoms with Gasteiger partial charge in [-0.3, -0.25) is 4.79 Å². The second kappa shape index (κ2) is 11.7. The molecule has 0 bridgehead atoms. The van der Waals surface area contributed by atoms with Gasteiger partial charge in [-0.25, -0.2) is 0 Å². The third-order valence-electron chi connectivity index (χ3n) is 7.34. The van der Waals surface area contributed by atoms with Crippen LogP contribution in [0.5, 0.6) is 0 Å². The van der Waals surface area contributed by atoms with Crippen LogP contribution in [-0.4, -0.2) is 93.1 Å². The van der Waals surface area contributed by atoms with Crippen LogP contribution in [0.1, 0.15) is 46.6 Å². The zero-order valence-electron chi connectivity index (χ0n) is 23.5. The summed E-state index contributed by atoms with van der Waals surface area (Å²) in [5, 5.41) is 3.47. The molecule has 0 aliphatic carbocycles. The number of hydrogen-bond donors (Lipinski definition) is 1. The number of hydrogen-bond acceptors (Lipinski definition) is 11. The van der Waals surface area contributed by atoms with E-state index in [1.54, 1.807) is 14.0 Å². The van der Waals surface area contributed by atoms with E-state index in [-0.39, 0.29) is 37.3 Å². The van der Waals surface area contributed by atoms with Gasteiger partial charge in [-0.05, 0) is 40.2 Å². The van der Waals surface area contributed by atoms with Gasteiger partial charge in [0.1, 0.15) is 36.6 Å². The average Bonchev–Trinajstić information content (AvgIpc) is 3.55. The molecular weight excluding hydrogens is 510 g/mol. The highest BCUT2D eigenvalue weighted by atomic mass is 16.9. The fraction of sp³-hybridized carbons (Fsp3) is 0.750. The fourth-order valence-corrected chi connectivity index (χ4v) is 5.75. The largest absolute Gasteiger partial charge is 0.466 e. The maximum atomic E-state index is 12.7. The summed E-state index contributed by atoms with van der Waals surface area (Å²) in [5.74, 6) is -1.91. The molecular formula is C28H41NO10. The lowest BCUT2D eigenvalue weighted by Gasteiger charge is -2.32. The first-order valence-corrected chi connectivity index (χ1v) is 13.7. The molecule has 39 heavy (non-hydrogen) atoms. The van der Waals surface area contributed by atoms with Crippen LogP contribution in [0, 0.1) is 0 Å². The number of carbonyl (C=O) groups is 1. The van der Waals surface area contributed by atoms with Gasteiger partial charge < -0.3 is 47.9 Å². The third-order valence-corrected chi connectivity index (χ3v) is 7.34. The van der Waals surface area contributed by atoms with Gasteiger partial charge >= 0.3 is 5.97 Å². The average molecular weight is 552 g/mol. The van der Waals surface area contributed by atoms with Gasteiger partial charge in [-0.15, -0.1) is 0 Å². The topological polar surface area (TPSA) is 112 Å². The van der Waals surface area contributed by atoms with Crippen LogP contribution in [-0.2, 0) is 54.0 Å². The van der Waals surface area contributed by atoms with E-state index in [1.807, 2.05) is 58.0 Å². The Hall–Kier alpha value is -1.67. The summed E-state index contributed by atoms with van der Waals surface area (Å²) in [6.45, 7) is 10.2. The van der Waals surface area contributed by atoms with Crippen LogP contribution in [0.2, 0.25) is 0 Å². The lowest BCUT2D eigenvalue weighted by atomic mass is 9.99. The van der Waals surface area contributed by atoms with E-state index < -0.39 is 48.5 Å². The summed E-state index contributed by atoms with van der Waals surface area (Å²) < 4.78 is 54.1. The van der Waals surface area contributed by atoms with Gasteiger partial charge in [0.25, 0.3) is 0 Å². The molecule has 4 aliphatic heterocycles. The Morgan fingerprint density at radius 2 is 1.59 bits per heavy atom. The molecule has 4 fully saturated rings. The summed E-state index contributed by atoms with van der Waals surface area (Å²) in [5.41, 5.74) is 1.02. The molecule has 11 nitrogen and oxygen atoms in total. The van der Waals surface area contributed by atoms with Crippen molar-refractivity contribution in [3.8, 4) is 0 Å². The second-order valence-corrected chi connectivity index (χ2v) is 11.2. The van der Waals surface area contributed by atoms with E-state index in [2.05, 4.69) is 5.32 Å². The normalized spacial score (nSPS) is 37.0. The number of rotatable bonds is 11. The van der Waals surface area contributed by atoms with Gasteiger partial charge in [-0.2, -0.15) is 0 Å². The quantitative estimate of drug-likeness (QED) is 0.409. The first-order chi connectivity index (χ1) is 18.6. The van der Waals surface area contributed by atoms with E-state index in [0.29, 0.717) is 13.2 Å². The number of carbonyl (C=O) groups excluding carboxylic acids is 1. The number of benzene rings is 1. The Morgan fingerprint density at radius 3 is 2.23 bits per heavy atom. The van der Waals surface area contributed by atoms with E-state index >= 15 is 0 Å². The first kappa shape index (κ1) is 28.8. The Labute approximate surface area is 229 Å². The molecule has 1 aromatic carbocycles. The lowest BCUT2D eigenvalue weighted by Crippen LogP contribution is -2.52. The molecule has 0 amide bonds. The van der Waals surface area contributed by atoms with E-state index in [1.165, 1.54) is 0 Å². The molecule has 4 saturated heterocycles. The van der Waals surface area contributed by atoms with Gasteiger partial charge in [-0.1, -0.05) is 30.3 Å². The van der Waals surface area contributed by atoms with Crippen molar-refractivity contribution < 1.29 is 47.4 Å². The molecule has 1 aromatic rings. The highest BCUT2D eigenvalue weighted by molar-refractivity contribution is 5.70. The van der Waals surface area contributed by atoms with Crippen molar-refractivity contribution in [1.29, 1.82) is 0 Å². The summed E-state index contributed by atoms with van der Waals surface area (Å²) in [6, 6.07) is 9.40. The predicted octanol–water partition coefficient (Wildman–Crippen LogP) is 2.25. The van der Waals surface area contributed by atoms with E-state index in [4.69, 9.17) is 42.6 Å². The minimum absolute atomic E-state index is 0.0593. The van der Waals surface area contributed by atoms with E-state index in [0.717, 1.165) is 5.56 Å². The maximum absolute atomic E-state index is 12.7. The Kier molecular flexibility index (Phi) is 8.63. The van der Waals surface area contributed by atoms with Crippen molar-refractivity contribution in [2.75, 3.05) is 20.3 Å². The fourth-order valence-electron chi connectivity index (χ4n) is 5.75. The lowest BCUT2D eigenvalue weighted by molar-refractivity contribution is -0.224. The molecule has 0 radical (unpaired) electrons. The van der Waals surface area contributed by atoms with Crippen molar-refractivity contribution in [1.82, 2.24) is 5.32 Å². The van der Waals surface area contributed by atoms with Crippen molar-refractivity contribution in [2.45, 2.75) is 114 Å². The van der Waals surface area contributed by atoms with Crippen molar-refractivity contribution in [2.24, 2.45) is 0 Å². The zero-order valence-corrected chi connectivity index (χ0v) is 23.5. The molecule has 5 rings (SSSR count). The zero-order chi connectivity index (χ0) is 27.8. The van der Waals surface area contributed by atoms with Gasteiger partial charge in [0.05, 0.1) is 19.6 Å². The number of ether oxygens (including phenoxy) is 9. The molecule has 0 unspecified atom stereocenters. The monoisotopic (exact) mass is 551 g/mol. The van der Waals surface area contributed by atoms with Crippen LogP contribution in [0.25, 0.3) is 0 Å². The first-order valence-electron chi connectivity index (χ1n) is 13.7. The summed E-state index contributed by atoms with van der Waals surface area (Å²) in [4.78, 5) is 12.7. The standard InChI is InChI=1S/C28H41NO10/c1-7-32-19(30)13-17(29-14-18-21(31-6)23-25(34-18)38-27(2,3)36-23)20-22(33-15-16-11-9-8-10-12-16)24-26(35-20)39-28(4,5)37-24/h8-12,17-18,20-26,29H,7,13-15H2,1-6H3/t17-,18+,20-,21-,22-,23+,24+,25+,26+/m0/s1. The number of nitrogens with one attached hydrogen (secondary N) is 1. The third kappa shape index (κ3) is 6.47. The van der Waals surface area contributed by atoms with Gasteiger partial charge in [0.15, 0.2) is 24.2 Å². The smallest absolute Gasteiger partial charge is 0.307 e. The molecule has 4 heterocycles. The highest BCUT2D eigenvalue weighted by Gasteiger charge is 2.58. The summed E-state index contributed by atoms with van der Waals surface area (Å²) >= 11 is 0. The molecule has 1 N–H and O–H groups in total. The van der Waals surface area contributed by atoms with Crippen molar-refractivity contribution in [3.05, 3.63) is 35.9 Å². The molecule has 0 saturated carbocycles. The molecule has 218 valence electrons. The number of fused-ring (bicyclic) bond motifs is 2. The Bertz CT molecular complexity index is 974. The second-order valence-electron chi connectivity index (χ2n) is 11.2. The van der Waals surface area contributed by atoms with Crippen LogP contribution >= 0.6 is 0 Å². The molecule has 0 aromatic heterocycles. The van der Waals surface area contributed by atoms with Crippen molar-refractivity contribution in [3.63, 3.8) is 0 Å². The number of methoxy groups -OCH3 is 1. The van der Waals surface area contributed by atoms with Gasteiger partial charge in [0, 0.05) is 19.7 Å². The van der Waals surface area contributed by atoms with Crippen LogP contribution in [0.15, 0.2) is 30.3 Å². The summed E-state index contributed by atoms with van der Waals surface area (Å²) in [6.07, 6.45) is -3.70. The Morgan fingerprint density at radius 1 is 0.949 bits per heavy atom. The van der Waals surface area contributed by atoms with Crippen LogP contribution < -0.4 is 5.32 Å². The van der Waals surface area contributed by atoms with Crippen LogP contribution in [0.4, 0.5) is 0 Å². The summed E-state index contributed by atoms with van der Waals surface area (Å²) in [7, 11) is 1.62. The van der Waals surface area contributed by atoms with Crippen LogP contribution in [0.3, 0.4) is 0 Å². The maximum Gasteiger partial charge on any atom is 0.307 e. The molecule has 11 heteroatoms. The highest BCUT2D eigenvalue weighted by Crippen LogP contribution is 2.41. The Balaban J connectivity index is 1.31. The predicted molar refractivity (Wildman–Crippen MR) is 136 cm³/mol. The van der Waals surface area contributed by atoms with E-state index in [9.17, 15) is 4.79 Å². The van der Waals surface area contributed by atoms with Gasteiger partial charge in [0.2, 0.25) is 0 Å². The minimum atomic E-state index is -0.812.